The van der Waals surface area contributed by atoms with Crippen LogP contribution in [0.4, 0.5) is 0 Å². The first kappa shape index (κ1) is 15.1. The van der Waals surface area contributed by atoms with Gasteiger partial charge in [0.1, 0.15) is 5.69 Å². The molecule has 0 bridgehead atoms. The molecule has 0 amide bonds. The van der Waals surface area contributed by atoms with Gasteiger partial charge in [0.2, 0.25) is 0 Å². The van der Waals surface area contributed by atoms with E-state index in [9.17, 15) is 0 Å². The highest BCUT2D eigenvalue weighted by atomic mass is 35.5. The molecule has 0 aliphatic carbocycles. The van der Waals surface area contributed by atoms with Crippen LogP contribution in [0.2, 0.25) is 5.02 Å². The molecule has 3 rings (SSSR count). The van der Waals surface area contributed by atoms with Crippen molar-refractivity contribution in [3.05, 3.63) is 76.9 Å². The summed E-state index contributed by atoms with van der Waals surface area (Å²) in [6.07, 6.45) is 0. The number of rotatable bonds is 5. The summed E-state index contributed by atoms with van der Waals surface area (Å²) < 4.78 is 5.28. The predicted octanol–water partition coefficient (Wildman–Crippen LogP) is 3.83. The van der Waals surface area contributed by atoms with Gasteiger partial charge in [0.05, 0.1) is 0 Å². The Morgan fingerprint density at radius 2 is 1.87 bits per heavy atom. The maximum absolute atomic E-state index is 5.84. The van der Waals surface area contributed by atoms with Gasteiger partial charge in [0.25, 0.3) is 0 Å². The minimum atomic E-state index is 0.171. The molecule has 0 radical (unpaired) electrons. The van der Waals surface area contributed by atoms with Gasteiger partial charge < -0.3 is 15.1 Å². The van der Waals surface area contributed by atoms with Crippen LogP contribution in [0.3, 0.4) is 0 Å². The van der Waals surface area contributed by atoms with Crippen LogP contribution >= 0.6 is 11.6 Å². The Labute approximate surface area is 138 Å². The molecule has 0 atom stereocenters. The van der Waals surface area contributed by atoms with E-state index in [1.165, 1.54) is 0 Å². The third kappa shape index (κ3) is 3.90. The van der Waals surface area contributed by atoms with E-state index in [0.717, 1.165) is 11.1 Å². The van der Waals surface area contributed by atoms with Crippen LogP contribution in [0, 0.1) is 0 Å². The maximum atomic E-state index is 5.84. The highest BCUT2D eigenvalue weighted by Crippen LogP contribution is 2.20. The molecule has 0 unspecified atom stereocenters. The van der Waals surface area contributed by atoms with Crippen molar-refractivity contribution in [2.45, 2.75) is 6.61 Å². The zero-order valence-electron chi connectivity index (χ0n) is 12.1. The minimum Gasteiger partial charge on any atom is -0.387 e. The first-order valence-electron chi connectivity index (χ1n) is 6.95. The molecular formula is C17H14ClN3O2. The standard InChI is InChI=1S/C17H14ClN3O2/c18-14-8-6-13(7-9-14)17(19)21-22-11-15-10-16(23-20-15)12-4-2-1-3-5-12/h1-10H,11H2,(H2,19,21). The summed E-state index contributed by atoms with van der Waals surface area (Å²) in [6, 6.07) is 18.5. The van der Waals surface area contributed by atoms with Crippen molar-refractivity contribution in [3.8, 4) is 11.3 Å². The normalized spacial score (nSPS) is 11.4. The zero-order valence-corrected chi connectivity index (χ0v) is 12.9. The van der Waals surface area contributed by atoms with Gasteiger partial charge in [0.15, 0.2) is 18.2 Å². The fourth-order valence-electron chi connectivity index (χ4n) is 1.96. The van der Waals surface area contributed by atoms with Gasteiger partial charge in [-0.3, -0.25) is 0 Å². The smallest absolute Gasteiger partial charge is 0.170 e. The van der Waals surface area contributed by atoms with Crippen LogP contribution in [0.15, 0.2) is 70.3 Å². The van der Waals surface area contributed by atoms with Crippen molar-refractivity contribution < 1.29 is 9.36 Å². The van der Waals surface area contributed by atoms with Crippen LogP contribution < -0.4 is 5.73 Å². The Balaban J connectivity index is 1.61. The number of hydrogen-bond donors (Lipinski definition) is 1. The molecule has 0 spiro atoms. The largest absolute Gasteiger partial charge is 0.387 e. The van der Waals surface area contributed by atoms with E-state index in [1.807, 2.05) is 36.4 Å². The Morgan fingerprint density at radius 1 is 1.13 bits per heavy atom. The van der Waals surface area contributed by atoms with Gasteiger partial charge in [-0.15, -0.1) is 0 Å². The molecule has 5 nitrogen and oxygen atoms in total. The van der Waals surface area contributed by atoms with Crippen molar-refractivity contribution in [1.82, 2.24) is 5.16 Å². The van der Waals surface area contributed by atoms with Crippen LogP contribution in [-0.4, -0.2) is 11.0 Å². The van der Waals surface area contributed by atoms with Gasteiger partial charge in [-0.1, -0.05) is 52.2 Å². The summed E-state index contributed by atoms with van der Waals surface area (Å²) in [5, 5.41) is 8.45. The summed E-state index contributed by atoms with van der Waals surface area (Å²) >= 11 is 5.82. The first-order chi connectivity index (χ1) is 11.2. The van der Waals surface area contributed by atoms with Gasteiger partial charge in [-0.2, -0.15) is 0 Å². The number of nitrogens with two attached hydrogens (primary N) is 1. The maximum Gasteiger partial charge on any atom is 0.170 e. The van der Waals surface area contributed by atoms with E-state index in [-0.39, 0.29) is 12.4 Å². The second kappa shape index (κ2) is 6.98. The molecule has 0 saturated carbocycles. The van der Waals surface area contributed by atoms with E-state index < -0.39 is 0 Å². The topological polar surface area (TPSA) is 73.6 Å². The number of amidine groups is 1. The number of nitrogens with zero attached hydrogens (tertiary/aromatic N) is 2. The molecule has 0 aliphatic heterocycles. The Hall–Kier alpha value is -2.79. The summed E-state index contributed by atoms with van der Waals surface area (Å²) in [4.78, 5) is 5.22. The van der Waals surface area contributed by atoms with Crippen LogP contribution in [0.5, 0.6) is 0 Å². The van der Waals surface area contributed by atoms with Crippen LogP contribution in [-0.2, 0) is 11.4 Å². The number of aromatic nitrogens is 1. The molecular weight excluding hydrogens is 314 g/mol. The quantitative estimate of drug-likeness (QED) is 0.439. The van der Waals surface area contributed by atoms with E-state index in [4.69, 9.17) is 26.7 Å². The SMILES string of the molecule is N/C(=N\OCc1cc(-c2ccccc2)on1)c1ccc(Cl)cc1. The van der Waals surface area contributed by atoms with Crippen molar-refractivity contribution >= 4 is 17.4 Å². The van der Waals surface area contributed by atoms with Gasteiger partial charge in [-0.05, 0) is 24.3 Å². The van der Waals surface area contributed by atoms with E-state index in [2.05, 4.69) is 10.3 Å². The summed E-state index contributed by atoms with van der Waals surface area (Å²) in [6.45, 7) is 0.171. The lowest BCUT2D eigenvalue weighted by Gasteiger charge is -2.00. The third-order valence-electron chi connectivity index (χ3n) is 3.13. The van der Waals surface area contributed by atoms with Crippen molar-refractivity contribution in [2.75, 3.05) is 0 Å². The van der Waals surface area contributed by atoms with Crippen molar-refractivity contribution in [1.29, 1.82) is 0 Å². The highest BCUT2D eigenvalue weighted by molar-refractivity contribution is 6.30. The molecule has 2 N–H and O–H groups in total. The van der Waals surface area contributed by atoms with Crippen molar-refractivity contribution in [2.24, 2.45) is 10.9 Å². The number of oxime groups is 1. The summed E-state index contributed by atoms with van der Waals surface area (Å²) in [5.74, 6) is 0.951. The van der Waals surface area contributed by atoms with Gasteiger partial charge in [-0.25, -0.2) is 0 Å². The van der Waals surface area contributed by atoms with Crippen LogP contribution in [0.1, 0.15) is 11.3 Å². The highest BCUT2D eigenvalue weighted by Gasteiger charge is 2.07. The van der Waals surface area contributed by atoms with Gasteiger partial charge in [0, 0.05) is 22.2 Å². The Morgan fingerprint density at radius 3 is 2.61 bits per heavy atom. The minimum absolute atomic E-state index is 0.171. The predicted molar refractivity (Wildman–Crippen MR) is 88.9 cm³/mol. The Bertz CT molecular complexity index is 798. The molecule has 0 saturated heterocycles. The second-order valence-corrected chi connectivity index (χ2v) is 5.24. The van der Waals surface area contributed by atoms with E-state index >= 15 is 0 Å². The lowest BCUT2D eigenvalue weighted by Crippen LogP contribution is -2.13. The molecule has 116 valence electrons. The second-order valence-electron chi connectivity index (χ2n) is 4.81. The monoisotopic (exact) mass is 327 g/mol. The molecule has 3 aromatic rings. The molecule has 6 heteroatoms. The fraction of sp³-hybridized carbons (Fsp3) is 0.0588. The molecule has 23 heavy (non-hydrogen) atoms. The lowest BCUT2D eigenvalue weighted by atomic mass is 10.2. The average molecular weight is 328 g/mol. The number of hydrogen-bond acceptors (Lipinski definition) is 4. The average Bonchev–Trinajstić information content (AvgIpc) is 3.05. The molecule has 1 heterocycles. The lowest BCUT2D eigenvalue weighted by molar-refractivity contribution is 0.125. The summed E-state index contributed by atoms with van der Waals surface area (Å²) in [5.41, 5.74) is 8.17. The van der Waals surface area contributed by atoms with Crippen molar-refractivity contribution in [3.63, 3.8) is 0 Å². The third-order valence-corrected chi connectivity index (χ3v) is 3.38. The molecule has 0 aliphatic rings. The molecule has 2 aromatic carbocycles. The van der Waals surface area contributed by atoms with Gasteiger partial charge >= 0.3 is 0 Å². The van der Waals surface area contributed by atoms with E-state index in [0.29, 0.717) is 16.5 Å². The zero-order chi connectivity index (χ0) is 16.1. The van der Waals surface area contributed by atoms with E-state index in [1.54, 1.807) is 24.3 Å². The van der Waals surface area contributed by atoms with Crippen LogP contribution in [0.25, 0.3) is 11.3 Å². The fourth-order valence-corrected chi connectivity index (χ4v) is 2.09. The molecule has 0 fully saturated rings. The number of halogens is 1. The summed E-state index contributed by atoms with van der Waals surface area (Å²) in [7, 11) is 0. The Kier molecular flexibility index (Phi) is 4.59. The molecule has 1 aromatic heterocycles. The first-order valence-corrected chi connectivity index (χ1v) is 7.32. The number of benzene rings is 2.